The van der Waals surface area contributed by atoms with Gasteiger partial charge in [0.25, 0.3) is 5.91 Å². The van der Waals surface area contributed by atoms with Gasteiger partial charge in [0.05, 0.1) is 31.8 Å². The van der Waals surface area contributed by atoms with Crippen molar-refractivity contribution in [2.24, 2.45) is 5.41 Å². The van der Waals surface area contributed by atoms with Crippen molar-refractivity contribution in [3.63, 3.8) is 0 Å². The highest BCUT2D eigenvalue weighted by molar-refractivity contribution is 7.09. The number of aryl methyl sites for hydroxylation is 1. The van der Waals surface area contributed by atoms with Gasteiger partial charge in [-0.15, -0.1) is 11.3 Å². The van der Waals surface area contributed by atoms with Crippen LogP contribution in [0.15, 0.2) is 41.9 Å². The minimum Gasteiger partial charge on any atom is -0.493 e. The fourth-order valence-corrected chi connectivity index (χ4v) is 5.74. The van der Waals surface area contributed by atoms with Crippen molar-refractivity contribution >= 4 is 40.5 Å². The number of carboxylic acids is 1. The Bertz CT molecular complexity index is 1380. The zero-order valence-electron chi connectivity index (χ0n) is 22.8. The number of aromatic nitrogens is 1. The Morgan fingerprint density at radius 1 is 1.20 bits per heavy atom. The average Bonchev–Trinajstić information content (AvgIpc) is 3.35. The number of carbonyl (C=O) groups excluding carboxylic acids is 1. The number of methoxy groups -OCH3 is 2. The van der Waals surface area contributed by atoms with Gasteiger partial charge in [0.2, 0.25) is 0 Å². The number of anilines is 1. The molecule has 0 saturated carbocycles. The number of aliphatic hydroxyl groups excluding tert-OH is 1. The number of fused-ring (bicyclic) bond motifs is 1. The van der Waals surface area contributed by atoms with Crippen LogP contribution in [-0.2, 0) is 27.2 Å². The first-order valence-corrected chi connectivity index (χ1v) is 14.0. The van der Waals surface area contributed by atoms with Gasteiger partial charge in [-0.1, -0.05) is 37.6 Å². The van der Waals surface area contributed by atoms with Crippen molar-refractivity contribution in [1.29, 1.82) is 0 Å². The molecule has 1 aliphatic heterocycles. The Hall–Kier alpha value is -3.18. The molecule has 40 heavy (non-hydrogen) atoms. The zero-order chi connectivity index (χ0) is 29.0. The Labute approximate surface area is 242 Å². The van der Waals surface area contributed by atoms with Crippen molar-refractivity contribution in [2.75, 3.05) is 32.3 Å². The molecule has 0 fully saturated rings. The summed E-state index contributed by atoms with van der Waals surface area (Å²) in [5, 5.41) is 19.7. The number of halogens is 1. The van der Waals surface area contributed by atoms with Crippen LogP contribution in [0.1, 0.15) is 48.1 Å². The van der Waals surface area contributed by atoms with E-state index in [1.807, 2.05) is 26.0 Å². The number of amides is 1. The molecular weight excluding hydrogens is 556 g/mol. The number of hydrogen-bond acceptors (Lipinski definition) is 8. The monoisotopic (exact) mass is 588 g/mol. The molecule has 214 valence electrons. The molecule has 3 aromatic rings. The Morgan fingerprint density at radius 3 is 2.65 bits per heavy atom. The molecule has 0 unspecified atom stereocenters. The van der Waals surface area contributed by atoms with Gasteiger partial charge in [-0.25, -0.2) is 4.98 Å². The fourth-order valence-electron chi connectivity index (χ4n) is 4.76. The molecule has 2 N–H and O–H groups in total. The van der Waals surface area contributed by atoms with E-state index in [4.69, 9.17) is 25.8 Å². The number of para-hydroxylation sites is 1. The van der Waals surface area contributed by atoms with Crippen LogP contribution in [0.3, 0.4) is 0 Å². The van der Waals surface area contributed by atoms with Crippen LogP contribution in [0.2, 0.25) is 5.02 Å². The number of carboxylic acid groups (broad SMARTS) is 1. The molecule has 0 spiro atoms. The fraction of sp³-hybridized carbons (Fsp3) is 0.414. The molecule has 2 aromatic carbocycles. The van der Waals surface area contributed by atoms with Crippen LogP contribution in [0, 0.1) is 5.41 Å². The molecule has 2 heterocycles. The van der Waals surface area contributed by atoms with E-state index in [0.29, 0.717) is 45.5 Å². The molecule has 1 aromatic heterocycles. The molecule has 9 nitrogen and oxygen atoms in total. The highest BCUT2D eigenvalue weighted by atomic mass is 35.5. The second-order valence-corrected chi connectivity index (χ2v) is 11.7. The van der Waals surface area contributed by atoms with Gasteiger partial charge in [0, 0.05) is 51.7 Å². The van der Waals surface area contributed by atoms with Crippen molar-refractivity contribution in [1.82, 2.24) is 4.98 Å². The predicted molar refractivity (Wildman–Crippen MR) is 153 cm³/mol. The standard InChI is InChI=1S/C29H33ClN2O7S/c1-29(2,15-33)14-32-21-9-8-17(30)12-19(21)26(18-6-5-7-22(37-3)27(18)38-4)39-23(28(32)36)13-20-24(40-16-31-20)10-11-25(34)35/h5-9,12,16,23,26,33H,10-11,13-15H2,1-4H3,(H,34,35)/t23-,26-/m1/s1. The van der Waals surface area contributed by atoms with E-state index >= 15 is 0 Å². The lowest BCUT2D eigenvalue weighted by Gasteiger charge is -2.32. The highest BCUT2D eigenvalue weighted by Gasteiger charge is 2.40. The number of aliphatic carboxylic acids is 1. The summed E-state index contributed by atoms with van der Waals surface area (Å²) in [6, 6.07) is 10.7. The quantitative estimate of drug-likeness (QED) is 0.324. The third-order valence-electron chi connectivity index (χ3n) is 6.80. The normalized spacial score (nSPS) is 17.4. The van der Waals surface area contributed by atoms with E-state index in [-0.39, 0.29) is 31.9 Å². The summed E-state index contributed by atoms with van der Waals surface area (Å²) >= 11 is 7.84. The van der Waals surface area contributed by atoms with Crippen LogP contribution in [0.5, 0.6) is 11.5 Å². The summed E-state index contributed by atoms with van der Waals surface area (Å²) in [6.07, 6.45) is -1.35. The van der Waals surface area contributed by atoms with Crippen molar-refractivity contribution < 1.29 is 34.0 Å². The lowest BCUT2D eigenvalue weighted by molar-refractivity contribution is -0.137. The van der Waals surface area contributed by atoms with Crippen LogP contribution in [0.4, 0.5) is 5.69 Å². The third kappa shape index (κ3) is 6.41. The molecule has 0 aliphatic carbocycles. The number of aliphatic hydroxyl groups is 1. The van der Waals surface area contributed by atoms with E-state index < -0.39 is 23.6 Å². The minimum atomic E-state index is -0.979. The number of rotatable bonds is 11. The van der Waals surface area contributed by atoms with Crippen LogP contribution < -0.4 is 14.4 Å². The number of ether oxygens (including phenoxy) is 3. The molecule has 1 amide bonds. The van der Waals surface area contributed by atoms with Gasteiger partial charge in [-0.3, -0.25) is 9.59 Å². The van der Waals surface area contributed by atoms with Gasteiger partial charge in [0.1, 0.15) is 12.2 Å². The molecule has 0 bridgehead atoms. The number of nitrogens with zero attached hydrogens (tertiary/aromatic N) is 2. The van der Waals surface area contributed by atoms with E-state index in [1.54, 1.807) is 48.9 Å². The van der Waals surface area contributed by atoms with Crippen LogP contribution in [0.25, 0.3) is 0 Å². The van der Waals surface area contributed by atoms with Gasteiger partial charge < -0.3 is 29.3 Å². The smallest absolute Gasteiger partial charge is 0.303 e. The molecule has 4 rings (SSSR count). The maximum Gasteiger partial charge on any atom is 0.303 e. The molecular formula is C29H33ClN2O7S. The summed E-state index contributed by atoms with van der Waals surface area (Å²) in [5.41, 5.74) is 3.57. The SMILES string of the molecule is COc1cccc([C@H]2O[C@H](Cc3ncsc3CCC(=O)O)C(=O)N(CC(C)(C)CO)c3ccc(Cl)cc32)c1OC. The number of carbonyl (C=O) groups is 2. The maximum absolute atomic E-state index is 14.3. The second-order valence-electron chi connectivity index (χ2n) is 10.4. The van der Waals surface area contributed by atoms with Gasteiger partial charge >= 0.3 is 5.97 Å². The lowest BCUT2D eigenvalue weighted by atomic mass is 9.92. The third-order valence-corrected chi connectivity index (χ3v) is 7.97. The number of benzene rings is 2. The van der Waals surface area contributed by atoms with Crippen molar-refractivity contribution in [3.8, 4) is 11.5 Å². The van der Waals surface area contributed by atoms with E-state index in [1.165, 1.54) is 11.3 Å². The second kappa shape index (κ2) is 12.6. The lowest BCUT2D eigenvalue weighted by Crippen LogP contribution is -2.46. The summed E-state index contributed by atoms with van der Waals surface area (Å²) < 4.78 is 17.9. The molecule has 2 atom stereocenters. The van der Waals surface area contributed by atoms with E-state index in [2.05, 4.69) is 4.98 Å². The maximum atomic E-state index is 14.3. The molecule has 1 aliphatic rings. The topological polar surface area (TPSA) is 118 Å². The average molecular weight is 589 g/mol. The predicted octanol–water partition coefficient (Wildman–Crippen LogP) is 4.91. The Kier molecular flexibility index (Phi) is 9.35. The summed E-state index contributed by atoms with van der Waals surface area (Å²) in [4.78, 5) is 32.4. The Balaban J connectivity index is 1.87. The minimum absolute atomic E-state index is 0.0426. The number of thiazole rings is 1. The van der Waals surface area contributed by atoms with Gasteiger partial charge in [0.15, 0.2) is 11.5 Å². The van der Waals surface area contributed by atoms with Gasteiger partial charge in [-0.2, -0.15) is 0 Å². The first-order chi connectivity index (χ1) is 19.1. The summed E-state index contributed by atoms with van der Waals surface area (Å²) in [6.45, 7) is 3.85. The first kappa shape index (κ1) is 29.8. The Morgan fingerprint density at radius 2 is 1.98 bits per heavy atom. The first-order valence-electron chi connectivity index (χ1n) is 12.8. The molecule has 0 saturated heterocycles. The summed E-state index contributed by atoms with van der Waals surface area (Å²) in [7, 11) is 3.09. The van der Waals surface area contributed by atoms with E-state index in [9.17, 15) is 19.8 Å². The largest absolute Gasteiger partial charge is 0.493 e. The highest BCUT2D eigenvalue weighted by Crippen LogP contribution is 2.45. The zero-order valence-corrected chi connectivity index (χ0v) is 24.4. The van der Waals surface area contributed by atoms with Crippen molar-refractivity contribution in [3.05, 3.63) is 68.6 Å². The van der Waals surface area contributed by atoms with E-state index in [0.717, 1.165) is 4.88 Å². The van der Waals surface area contributed by atoms with Crippen molar-refractivity contribution in [2.45, 2.75) is 45.3 Å². The molecule has 0 radical (unpaired) electrons. The van der Waals surface area contributed by atoms with Crippen LogP contribution in [-0.4, -0.2) is 60.5 Å². The summed E-state index contributed by atoms with van der Waals surface area (Å²) in [5.74, 6) is -0.234. The van der Waals surface area contributed by atoms with Crippen LogP contribution >= 0.6 is 22.9 Å². The molecule has 11 heteroatoms. The van der Waals surface area contributed by atoms with Gasteiger partial charge in [-0.05, 0) is 30.7 Å². The number of hydrogen-bond donors (Lipinski definition) is 2.